The van der Waals surface area contributed by atoms with Crippen LogP contribution in [0, 0.1) is 12.1 Å². The van der Waals surface area contributed by atoms with Crippen LogP contribution in [0.25, 0.3) is 44.5 Å². The fraction of sp³-hybridized carbons (Fsp3) is 0.190. The van der Waals surface area contributed by atoms with E-state index >= 15 is 0 Å². The standard InChI is InChI=1S/C22H24GeN.C20H16NO.Ir/c1-17(18-8-6-5-7-9-18)19-10-12-20(13-11-19)22-15-14-21(16-24-22)23(2,3)4;1-13(2)14-10-11-21-18(12-14)17-8-5-7-16-15-6-3-4-9-19(15)22-20(16)17;/h5-12,14-17H,1-4H3;3-7,9-13H,1-2H3;/q2*-1;. The van der Waals surface area contributed by atoms with Gasteiger partial charge in [-0.25, -0.2) is 0 Å². The van der Waals surface area contributed by atoms with Gasteiger partial charge in [-0.2, -0.15) is 0 Å². The molecule has 1 atom stereocenters. The monoisotopic (exact) mass is 855 g/mol. The number of pyridine rings is 2. The van der Waals surface area contributed by atoms with Crippen LogP contribution in [0.4, 0.5) is 0 Å². The van der Waals surface area contributed by atoms with Gasteiger partial charge in [0.2, 0.25) is 0 Å². The summed E-state index contributed by atoms with van der Waals surface area (Å²) in [5.74, 6) is 8.02. The molecule has 0 spiro atoms. The second-order valence-electron chi connectivity index (χ2n) is 13.2. The summed E-state index contributed by atoms with van der Waals surface area (Å²) in [6, 6.07) is 44.4. The first kappa shape index (κ1) is 34.5. The van der Waals surface area contributed by atoms with E-state index in [0.29, 0.717) is 11.8 Å². The van der Waals surface area contributed by atoms with Gasteiger partial charge in [0.05, 0.1) is 5.58 Å². The number of nitrogens with zero attached hydrogens (tertiary/aromatic N) is 2. The van der Waals surface area contributed by atoms with Crippen LogP contribution in [-0.2, 0) is 20.1 Å². The first-order chi connectivity index (χ1) is 22.2. The van der Waals surface area contributed by atoms with Crippen LogP contribution in [0.2, 0.25) is 17.3 Å². The summed E-state index contributed by atoms with van der Waals surface area (Å²) in [4.78, 5) is 9.18. The van der Waals surface area contributed by atoms with Gasteiger partial charge in [0.15, 0.2) is 0 Å². The topological polar surface area (TPSA) is 38.9 Å². The normalized spacial score (nSPS) is 12.0. The minimum atomic E-state index is -1.79. The molecular weight excluding hydrogens is 813 g/mol. The Morgan fingerprint density at radius 2 is 1.45 bits per heavy atom. The third kappa shape index (κ3) is 7.84. The van der Waals surface area contributed by atoms with E-state index in [0.717, 1.165) is 44.5 Å². The van der Waals surface area contributed by atoms with Gasteiger partial charge in [0.1, 0.15) is 5.58 Å². The maximum absolute atomic E-state index is 6.07. The minimum Gasteiger partial charge on any atom is 0 e. The Bertz CT molecular complexity index is 2060. The molecule has 4 aromatic carbocycles. The van der Waals surface area contributed by atoms with Crippen molar-refractivity contribution in [1.82, 2.24) is 9.97 Å². The quantitative estimate of drug-likeness (QED) is 0.124. The number of furan rings is 1. The Balaban J connectivity index is 0.000000181. The molecule has 3 heterocycles. The number of rotatable bonds is 6. The number of hydrogen-bond donors (Lipinski definition) is 0. The molecule has 0 aliphatic rings. The van der Waals surface area contributed by atoms with Gasteiger partial charge in [-0.05, 0) is 23.7 Å². The predicted molar refractivity (Wildman–Crippen MR) is 195 cm³/mol. The zero-order valence-electron chi connectivity index (χ0n) is 27.8. The molecule has 0 fully saturated rings. The zero-order chi connectivity index (χ0) is 32.3. The van der Waals surface area contributed by atoms with Crippen LogP contribution in [-0.4, -0.2) is 23.2 Å². The summed E-state index contributed by atoms with van der Waals surface area (Å²) in [6.45, 7) is 6.61. The van der Waals surface area contributed by atoms with Crippen molar-refractivity contribution in [3.8, 4) is 22.5 Å². The third-order valence-corrected chi connectivity index (χ3v) is 12.8. The maximum Gasteiger partial charge on any atom is 0 e. The van der Waals surface area contributed by atoms with Crippen molar-refractivity contribution in [1.29, 1.82) is 0 Å². The first-order valence-electron chi connectivity index (χ1n) is 16.0. The van der Waals surface area contributed by atoms with Crippen molar-refractivity contribution in [2.45, 2.75) is 49.9 Å². The Labute approximate surface area is 295 Å². The van der Waals surface area contributed by atoms with Gasteiger partial charge < -0.3 is 9.40 Å². The third-order valence-electron chi connectivity index (χ3n) is 8.59. The number of benzene rings is 4. The molecule has 1 unspecified atom stereocenters. The van der Waals surface area contributed by atoms with Crippen molar-refractivity contribution in [2.75, 3.05) is 0 Å². The van der Waals surface area contributed by atoms with Crippen LogP contribution < -0.4 is 4.40 Å². The summed E-state index contributed by atoms with van der Waals surface area (Å²) in [5.41, 5.74) is 9.55. The second-order valence-corrected chi connectivity index (χ2v) is 23.8. The van der Waals surface area contributed by atoms with E-state index < -0.39 is 13.3 Å². The van der Waals surface area contributed by atoms with Crippen molar-refractivity contribution >= 4 is 39.6 Å². The molecule has 3 aromatic heterocycles. The van der Waals surface area contributed by atoms with Crippen LogP contribution >= 0.6 is 0 Å². The van der Waals surface area contributed by atoms with Gasteiger partial charge in [-0.15, -0.1) is 18.2 Å². The van der Waals surface area contributed by atoms with E-state index in [9.17, 15) is 0 Å². The molecule has 0 N–H and O–H groups in total. The molecule has 7 aromatic rings. The summed E-state index contributed by atoms with van der Waals surface area (Å²) >= 11 is -1.79. The van der Waals surface area contributed by atoms with Gasteiger partial charge in [-0.3, -0.25) is 0 Å². The summed E-state index contributed by atoms with van der Waals surface area (Å²) in [7, 11) is 0. The van der Waals surface area contributed by atoms with Gasteiger partial charge in [-0.1, -0.05) is 60.7 Å². The molecule has 0 aliphatic carbocycles. The zero-order valence-corrected chi connectivity index (χ0v) is 32.3. The van der Waals surface area contributed by atoms with Gasteiger partial charge >= 0.3 is 142 Å². The molecule has 3 nitrogen and oxygen atoms in total. The average Bonchev–Trinajstić information content (AvgIpc) is 3.47. The van der Waals surface area contributed by atoms with Gasteiger partial charge in [0, 0.05) is 31.7 Å². The Morgan fingerprint density at radius 1 is 0.681 bits per heavy atom. The van der Waals surface area contributed by atoms with Crippen LogP contribution in [0.1, 0.15) is 49.3 Å². The number of aromatic nitrogens is 2. The van der Waals surface area contributed by atoms with Crippen LogP contribution in [0.5, 0.6) is 0 Å². The van der Waals surface area contributed by atoms with Crippen LogP contribution in [0.15, 0.2) is 126 Å². The van der Waals surface area contributed by atoms with Crippen molar-refractivity contribution in [2.24, 2.45) is 0 Å². The van der Waals surface area contributed by atoms with E-state index in [-0.39, 0.29) is 20.1 Å². The fourth-order valence-corrected chi connectivity index (χ4v) is 7.79. The minimum absolute atomic E-state index is 0. The van der Waals surface area contributed by atoms with E-state index in [1.165, 1.54) is 21.1 Å². The summed E-state index contributed by atoms with van der Waals surface area (Å²) in [5, 5.41) is 2.24. The Kier molecular flexibility index (Phi) is 11.0. The molecule has 5 heteroatoms. The Hall–Kier alpha value is -3.83. The van der Waals surface area contributed by atoms with E-state index in [4.69, 9.17) is 4.42 Å². The summed E-state index contributed by atoms with van der Waals surface area (Å²) < 4.78 is 7.51. The molecular formula is C42H40GeIrN2O-2. The number of fused-ring (bicyclic) bond motifs is 3. The molecule has 0 saturated heterocycles. The molecule has 1 radical (unpaired) electrons. The summed E-state index contributed by atoms with van der Waals surface area (Å²) in [6.07, 6.45) is 3.92. The SMILES string of the molecule is CC(C)c1ccnc(-c2[c-]ccc3c2oc2ccccc23)c1.CC(c1c[c-]c(-c2cc[c]([Ge]([CH3])([CH3])[CH3])cn2)cc1)c1ccccc1.[Ir]. The molecule has 239 valence electrons. The second kappa shape index (κ2) is 14.9. The molecule has 0 saturated carbocycles. The van der Waals surface area contributed by atoms with Crippen molar-refractivity contribution < 1.29 is 24.5 Å². The number of para-hydroxylation sites is 1. The molecule has 47 heavy (non-hydrogen) atoms. The first-order valence-corrected chi connectivity index (χ1v) is 23.3. The van der Waals surface area contributed by atoms with Crippen molar-refractivity contribution in [3.63, 3.8) is 0 Å². The maximum atomic E-state index is 6.07. The average molecular weight is 854 g/mol. The van der Waals surface area contributed by atoms with E-state index in [2.05, 4.69) is 151 Å². The van der Waals surface area contributed by atoms with E-state index in [1.807, 2.05) is 30.5 Å². The molecule has 0 bridgehead atoms. The fourth-order valence-electron chi connectivity index (χ4n) is 5.62. The van der Waals surface area contributed by atoms with Gasteiger partial charge in [0.25, 0.3) is 0 Å². The smallest absolute Gasteiger partial charge is 0 e. The number of hydrogen-bond acceptors (Lipinski definition) is 3. The molecule has 0 amide bonds. The van der Waals surface area contributed by atoms with Crippen molar-refractivity contribution in [3.05, 3.63) is 150 Å². The van der Waals surface area contributed by atoms with E-state index in [1.54, 1.807) is 0 Å². The molecule has 0 aliphatic heterocycles. The van der Waals surface area contributed by atoms with Crippen LogP contribution in [0.3, 0.4) is 0 Å². The molecule has 7 rings (SSSR count). The largest absolute Gasteiger partial charge is 0 e. The Morgan fingerprint density at radius 3 is 2.13 bits per heavy atom. The predicted octanol–water partition coefficient (Wildman–Crippen LogP) is 10.8.